The number of fused-ring (bicyclic) bond motifs is 6. The van der Waals surface area contributed by atoms with Crippen LogP contribution in [0.3, 0.4) is 0 Å². The molecule has 0 saturated carbocycles. The minimum absolute atomic E-state index is 1.09. The molecule has 3 heteroatoms. The highest BCUT2D eigenvalue weighted by molar-refractivity contribution is 6.11. The topological polar surface area (TPSA) is 13.1 Å². The Morgan fingerprint density at radius 3 is 1.29 bits per heavy atom. The van der Waals surface area contributed by atoms with Crippen LogP contribution in [0, 0.1) is 0 Å². The van der Waals surface area contributed by atoms with E-state index >= 15 is 0 Å². The molecular formula is C60H41N3. The van der Waals surface area contributed by atoms with Crippen LogP contribution < -0.4 is 4.90 Å². The highest BCUT2D eigenvalue weighted by Crippen LogP contribution is 2.41. The van der Waals surface area contributed by atoms with Crippen LogP contribution in [-0.2, 0) is 0 Å². The Morgan fingerprint density at radius 1 is 0.222 bits per heavy atom. The molecule has 12 rings (SSSR count). The van der Waals surface area contributed by atoms with Gasteiger partial charge < -0.3 is 14.0 Å². The predicted octanol–water partition coefficient (Wildman–Crippen LogP) is 16.4. The third-order valence-corrected chi connectivity index (χ3v) is 12.5. The quantitative estimate of drug-likeness (QED) is 0.149. The van der Waals surface area contributed by atoms with E-state index in [2.05, 4.69) is 263 Å². The molecule has 0 spiro atoms. The van der Waals surface area contributed by atoms with E-state index in [0.29, 0.717) is 0 Å². The van der Waals surface area contributed by atoms with Crippen molar-refractivity contribution in [3.63, 3.8) is 0 Å². The molecular weight excluding hydrogens is 763 g/mol. The van der Waals surface area contributed by atoms with Gasteiger partial charge in [-0.15, -0.1) is 0 Å². The molecule has 0 N–H and O–H groups in total. The fourth-order valence-electron chi connectivity index (χ4n) is 9.56. The first-order chi connectivity index (χ1) is 31.2. The largest absolute Gasteiger partial charge is 0.310 e. The molecule has 2 heterocycles. The molecule has 0 aliphatic rings. The van der Waals surface area contributed by atoms with Gasteiger partial charge in [-0.1, -0.05) is 158 Å². The molecule has 0 atom stereocenters. The third-order valence-electron chi connectivity index (χ3n) is 12.5. The number of nitrogens with zero attached hydrogens (tertiary/aromatic N) is 3. The molecule has 63 heavy (non-hydrogen) atoms. The molecule has 0 aliphatic carbocycles. The maximum Gasteiger partial charge on any atom is 0.0547 e. The van der Waals surface area contributed by atoms with Crippen LogP contribution in [0.15, 0.2) is 249 Å². The van der Waals surface area contributed by atoms with Gasteiger partial charge in [-0.05, 0) is 124 Å². The number of anilines is 3. The Kier molecular flexibility index (Phi) is 8.83. The summed E-state index contributed by atoms with van der Waals surface area (Å²) in [6, 6.07) is 90.2. The van der Waals surface area contributed by atoms with E-state index in [1.165, 1.54) is 54.7 Å². The van der Waals surface area contributed by atoms with Crippen LogP contribution in [-0.4, -0.2) is 9.13 Å². The Morgan fingerprint density at radius 2 is 0.651 bits per heavy atom. The molecule has 0 radical (unpaired) electrons. The minimum atomic E-state index is 1.09. The Labute approximate surface area is 366 Å². The molecule has 0 fully saturated rings. The monoisotopic (exact) mass is 803 g/mol. The molecule has 3 nitrogen and oxygen atoms in total. The van der Waals surface area contributed by atoms with Crippen molar-refractivity contribution >= 4 is 60.7 Å². The lowest BCUT2D eigenvalue weighted by Gasteiger charge is -2.26. The standard InChI is InChI=1S/C60H41N3/c1-4-17-42(18-5-1)44-19-16-24-51(38-44)61(48-20-6-2-7-21-48)50-34-31-43(32-35-50)46-37-47(40-52(39-46)63-58-29-14-10-25-53(58)54-26-11-15-30-59(54)63)45-33-36-56-55-27-12-13-28-57(55)62(60(56)41-45)49-22-8-3-9-23-49/h1-41H. The second kappa shape index (κ2) is 15.3. The van der Waals surface area contributed by atoms with Gasteiger partial charge in [-0.3, -0.25) is 0 Å². The van der Waals surface area contributed by atoms with Gasteiger partial charge in [-0.25, -0.2) is 0 Å². The lowest BCUT2D eigenvalue weighted by atomic mass is 9.96. The SMILES string of the molecule is c1ccc(-c2cccc(N(c3ccccc3)c3ccc(-c4cc(-c5ccc6c7ccccc7n(-c7ccccc7)c6c5)cc(-n5c6ccccc6c6ccccc65)c4)cc3)c2)cc1. The van der Waals surface area contributed by atoms with Gasteiger partial charge in [-0.2, -0.15) is 0 Å². The molecule has 0 amide bonds. The Bertz CT molecular complexity index is 3550. The van der Waals surface area contributed by atoms with E-state index in [1.807, 2.05) is 0 Å². The van der Waals surface area contributed by atoms with E-state index in [1.54, 1.807) is 0 Å². The van der Waals surface area contributed by atoms with E-state index < -0.39 is 0 Å². The first kappa shape index (κ1) is 36.5. The van der Waals surface area contributed by atoms with Crippen molar-refractivity contribution in [2.45, 2.75) is 0 Å². The number of aromatic nitrogens is 2. The summed E-state index contributed by atoms with van der Waals surface area (Å²) < 4.78 is 4.83. The lowest BCUT2D eigenvalue weighted by molar-refractivity contribution is 1.18. The zero-order valence-corrected chi connectivity index (χ0v) is 34.5. The van der Waals surface area contributed by atoms with Crippen molar-refractivity contribution in [2.24, 2.45) is 0 Å². The van der Waals surface area contributed by atoms with Crippen molar-refractivity contribution in [2.75, 3.05) is 4.90 Å². The minimum Gasteiger partial charge on any atom is -0.310 e. The first-order valence-corrected chi connectivity index (χ1v) is 21.6. The van der Waals surface area contributed by atoms with Crippen molar-refractivity contribution in [3.05, 3.63) is 249 Å². The van der Waals surface area contributed by atoms with Crippen LogP contribution >= 0.6 is 0 Å². The maximum absolute atomic E-state index is 2.43. The molecule has 12 aromatic rings. The molecule has 0 saturated heterocycles. The second-order valence-corrected chi connectivity index (χ2v) is 16.2. The van der Waals surface area contributed by atoms with Crippen LogP contribution in [0.4, 0.5) is 17.1 Å². The fraction of sp³-hybridized carbons (Fsp3) is 0. The molecule has 10 aromatic carbocycles. The highest BCUT2D eigenvalue weighted by atomic mass is 15.1. The number of rotatable bonds is 8. The normalized spacial score (nSPS) is 11.5. The van der Waals surface area contributed by atoms with Gasteiger partial charge in [0.15, 0.2) is 0 Å². The summed E-state index contributed by atoms with van der Waals surface area (Å²) >= 11 is 0. The van der Waals surface area contributed by atoms with Crippen molar-refractivity contribution in [3.8, 4) is 44.8 Å². The van der Waals surface area contributed by atoms with Crippen LogP contribution in [0.5, 0.6) is 0 Å². The van der Waals surface area contributed by atoms with Gasteiger partial charge >= 0.3 is 0 Å². The van der Waals surface area contributed by atoms with Crippen LogP contribution in [0.2, 0.25) is 0 Å². The summed E-state index contributed by atoms with van der Waals surface area (Å²) in [6.45, 7) is 0. The van der Waals surface area contributed by atoms with E-state index in [-0.39, 0.29) is 0 Å². The van der Waals surface area contributed by atoms with E-state index in [0.717, 1.165) is 50.7 Å². The lowest BCUT2D eigenvalue weighted by Crippen LogP contribution is -2.09. The second-order valence-electron chi connectivity index (χ2n) is 16.2. The number of benzene rings is 10. The molecule has 0 aliphatic heterocycles. The highest BCUT2D eigenvalue weighted by Gasteiger charge is 2.18. The van der Waals surface area contributed by atoms with Gasteiger partial charge in [0.2, 0.25) is 0 Å². The maximum atomic E-state index is 2.43. The average Bonchev–Trinajstić information content (AvgIpc) is 3.88. The number of hydrogen-bond donors (Lipinski definition) is 0. The van der Waals surface area contributed by atoms with Gasteiger partial charge in [0.25, 0.3) is 0 Å². The summed E-state index contributed by atoms with van der Waals surface area (Å²) in [5, 5.41) is 4.98. The summed E-state index contributed by atoms with van der Waals surface area (Å²) in [4.78, 5) is 2.34. The average molecular weight is 804 g/mol. The van der Waals surface area contributed by atoms with Crippen LogP contribution in [0.1, 0.15) is 0 Å². The summed E-state index contributed by atoms with van der Waals surface area (Å²) in [6.07, 6.45) is 0. The summed E-state index contributed by atoms with van der Waals surface area (Å²) in [7, 11) is 0. The van der Waals surface area contributed by atoms with Crippen molar-refractivity contribution in [1.29, 1.82) is 0 Å². The van der Waals surface area contributed by atoms with Crippen molar-refractivity contribution < 1.29 is 0 Å². The smallest absolute Gasteiger partial charge is 0.0547 e. The van der Waals surface area contributed by atoms with Gasteiger partial charge in [0, 0.05) is 50.0 Å². The molecule has 2 aromatic heterocycles. The van der Waals surface area contributed by atoms with Gasteiger partial charge in [0.05, 0.1) is 22.1 Å². The summed E-state index contributed by atoms with van der Waals surface area (Å²) in [5.41, 5.74) is 17.3. The number of para-hydroxylation sites is 5. The van der Waals surface area contributed by atoms with Crippen LogP contribution in [0.25, 0.3) is 88.4 Å². The third kappa shape index (κ3) is 6.38. The Hall–Kier alpha value is -8.40. The van der Waals surface area contributed by atoms with E-state index in [4.69, 9.17) is 0 Å². The Balaban J connectivity index is 1.04. The zero-order valence-electron chi connectivity index (χ0n) is 34.5. The van der Waals surface area contributed by atoms with E-state index in [9.17, 15) is 0 Å². The zero-order chi connectivity index (χ0) is 41.7. The first-order valence-electron chi connectivity index (χ1n) is 21.6. The van der Waals surface area contributed by atoms with Gasteiger partial charge in [0.1, 0.15) is 0 Å². The summed E-state index contributed by atoms with van der Waals surface area (Å²) in [5.74, 6) is 0. The van der Waals surface area contributed by atoms with Crippen molar-refractivity contribution in [1.82, 2.24) is 9.13 Å². The molecule has 296 valence electrons. The fourth-order valence-corrected chi connectivity index (χ4v) is 9.56. The molecule has 0 bridgehead atoms. The predicted molar refractivity (Wildman–Crippen MR) is 266 cm³/mol. The molecule has 0 unspecified atom stereocenters. The number of hydrogen-bond acceptors (Lipinski definition) is 1.